The van der Waals surface area contributed by atoms with Crippen molar-refractivity contribution in [2.45, 2.75) is 42.7 Å². The number of nitrogens with zero attached hydrogens (tertiary/aromatic N) is 2. The molecule has 6 heteroatoms. The molecular weight excluding hydrogens is 284 g/mol. The van der Waals surface area contributed by atoms with E-state index < -0.39 is 0 Å². The summed E-state index contributed by atoms with van der Waals surface area (Å²) in [6.45, 7) is 4.88. The quantitative estimate of drug-likeness (QED) is 0.350. The minimum Gasteiger partial charge on any atom is -0.759 e. The first-order chi connectivity index (χ1) is 8.50. The van der Waals surface area contributed by atoms with Gasteiger partial charge < -0.3 is 17.4 Å². The van der Waals surface area contributed by atoms with E-state index in [0.717, 1.165) is 21.8 Å². The molecule has 0 saturated carbocycles. The monoisotopic (exact) mass is 297 g/mol. The molecule has 0 aliphatic carbocycles. The molecule has 0 saturated heterocycles. The lowest BCUT2D eigenvalue weighted by Gasteiger charge is -2.30. The smallest absolute Gasteiger partial charge is 0.187 e. The highest BCUT2D eigenvalue weighted by atomic mass is 32.2. The van der Waals surface area contributed by atoms with Crippen LogP contribution < -0.4 is 0 Å². The second kappa shape index (κ2) is 4.30. The van der Waals surface area contributed by atoms with Gasteiger partial charge in [0.1, 0.15) is 4.83 Å². The number of hydrogen-bond donors (Lipinski definition) is 0. The predicted molar refractivity (Wildman–Crippen MR) is 77.4 cm³/mol. The van der Waals surface area contributed by atoms with E-state index in [2.05, 4.69) is 23.8 Å². The Morgan fingerprint density at radius 1 is 1.39 bits per heavy atom. The van der Waals surface area contributed by atoms with E-state index in [1.54, 1.807) is 11.3 Å². The average molecular weight is 297 g/mol. The van der Waals surface area contributed by atoms with Gasteiger partial charge in [0.2, 0.25) is 0 Å². The lowest BCUT2D eigenvalue weighted by Crippen LogP contribution is -2.31. The number of fused-ring (bicyclic) bond motifs is 3. The molecule has 0 radical (unpaired) electrons. The van der Waals surface area contributed by atoms with Crippen LogP contribution in [0.5, 0.6) is 0 Å². The molecule has 2 aromatic heterocycles. The van der Waals surface area contributed by atoms with Crippen molar-refractivity contribution in [1.29, 1.82) is 0 Å². The lowest BCUT2D eigenvalue weighted by molar-refractivity contribution is -0.0379. The van der Waals surface area contributed by atoms with Crippen LogP contribution >= 0.6 is 23.1 Å². The molecule has 0 amide bonds. The van der Waals surface area contributed by atoms with Crippen molar-refractivity contribution < 1.29 is 4.74 Å². The third-order valence-corrected chi connectivity index (χ3v) is 5.00. The van der Waals surface area contributed by atoms with Crippen LogP contribution in [0, 0.1) is 0 Å². The fraction of sp³-hybridized carbons (Fsp3) is 0.500. The molecule has 0 bridgehead atoms. The minimum absolute atomic E-state index is 0.124. The van der Waals surface area contributed by atoms with Crippen molar-refractivity contribution in [3.8, 4) is 0 Å². The van der Waals surface area contributed by atoms with Crippen LogP contribution in [0.15, 0.2) is 10.2 Å². The van der Waals surface area contributed by atoms with Gasteiger partial charge in [-0.05, 0) is 25.7 Å². The molecule has 3 rings (SSSR count). The van der Waals surface area contributed by atoms with Crippen LogP contribution in [0.1, 0.15) is 24.3 Å². The normalized spacial score (nSPS) is 17.9. The minimum atomic E-state index is -0.124. The molecule has 3 nitrogen and oxygen atoms in total. The maximum absolute atomic E-state index is 5.84. The number of thiophene rings is 1. The van der Waals surface area contributed by atoms with Crippen molar-refractivity contribution in [1.82, 2.24) is 9.97 Å². The zero-order valence-electron chi connectivity index (χ0n) is 10.4. The zero-order chi connectivity index (χ0) is 12.9. The Labute approximate surface area is 120 Å². The lowest BCUT2D eigenvalue weighted by atomic mass is 9.95. The highest BCUT2D eigenvalue weighted by Crippen LogP contribution is 2.39. The average Bonchev–Trinajstić information content (AvgIpc) is 2.65. The van der Waals surface area contributed by atoms with Gasteiger partial charge in [0.25, 0.3) is 0 Å². The Morgan fingerprint density at radius 3 is 2.89 bits per heavy atom. The Bertz CT molecular complexity index is 621. The molecule has 18 heavy (non-hydrogen) atoms. The molecule has 0 N–H and O–H groups in total. The molecule has 0 atom stereocenters. The second-order valence-corrected chi connectivity index (χ2v) is 7.17. The third-order valence-electron chi connectivity index (χ3n) is 3.06. The summed E-state index contributed by atoms with van der Waals surface area (Å²) in [7, 11) is 0. The van der Waals surface area contributed by atoms with Gasteiger partial charge in [-0.25, -0.2) is 4.98 Å². The first-order valence-corrected chi connectivity index (χ1v) is 8.12. The summed E-state index contributed by atoms with van der Waals surface area (Å²) in [5.74, 6) is 0. The molecule has 0 fully saturated rings. The summed E-state index contributed by atoms with van der Waals surface area (Å²) in [6, 6.07) is 0. The van der Waals surface area contributed by atoms with E-state index in [-0.39, 0.29) is 5.60 Å². The number of hydrogen-bond acceptors (Lipinski definition) is 6. The molecular formula is C12H13N2OS3-. The largest absolute Gasteiger partial charge is 0.759 e. The topological polar surface area (TPSA) is 35.0 Å². The molecule has 0 aromatic carbocycles. The SMILES string of the molecule is CSc1nc([S-])c2c3c(sc2n1)COC(C)(C)C3. The van der Waals surface area contributed by atoms with E-state index in [1.807, 2.05) is 6.26 Å². The Balaban J connectivity index is 2.24. The van der Waals surface area contributed by atoms with Crippen molar-refractivity contribution in [2.24, 2.45) is 0 Å². The molecule has 96 valence electrons. The Morgan fingerprint density at radius 2 is 2.17 bits per heavy atom. The highest BCUT2D eigenvalue weighted by molar-refractivity contribution is 7.98. The van der Waals surface area contributed by atoms with Crippen molar-refractivity contribution in [3.05, 3.63) is 10.4 Å². The molecule has 0 spiro atoms. The Hall–Kier alpha value is -0.430. The van der Waals surface area contributed by atoms with Gasteiger partial charge >= 0.3 is 0 Å². The van der Waals surface area contributed by atoms with Crippen LogP contribution in [0.2, 0.25) is 0 Å². The van der Waals surface area contributed by atoms with Gasteiger partial charge in [-0.3, -0.25) is 4.98 Å². The van der Waals surface area contributed by atoms with Crippen LogP contribution in [-0.4, -0.2) is 21.8 Å². The summed E-state index contributed by atoms with van der Waals surface area (Å²) < 4.78 is 5.84. The molecule has 2 aromatic rings. The number of aromatic nitrogens is 2. The number of thioether (sulfide) groups is 1. The van der Waals surface area contributed by atoms with E-state index in [1.165, 1.54) is 22.2 Å². The maximum atomic E-state index is 5.84. The van der Waals surface area contributed by atoms with Crippen LogP contribution in [0.25, 0.3) is 10.2 Å². The van der Waals surface area contributed by atoms with E-state index in [9.17, 15) is 0 Å². The second-order valence-electron chi connectivity index (χ2n) is 4.92. The van der Waals surface area contributed by atoms with Crippen molar-refractivity contribution in [3.63, 3.8) is 0 Å². The Kier molecular flexibility index (Phi) is 3.01. The molecule has 3 heterocycles. The molecule has 1 aliphatic heterocycles. The van der Waals surface area contributed by atoms with Gasteiger partial charge in [0.05, 0.1) is 12.2 Å². The third kappa shape index (κ3) is 2.01. The van der Waals surface area contributed by atoms with Crippen molar-refractivity contribution in [2.75, 3.05) is 6.26 Å². The highest BCUT2D eigenvalue weighted by Gasteiger charge is 2.29. The first-order valence-electron chi connectivity index (χ1n) is 5.67. The van der Waals surface area contributed by atoms with Crippen LogP contribution in [-0.2, 0) is 30.4 Å². The van der Waals surface area contributed by atoms with Gasteiger partial charge in [-0.2, -0.15) is 0 Å². The molecule has 0 unspecified atom stereocenters. The van der Waals surface area contributed by atoms with Gasteiger partial charge in [0.15, 0.2) is 5.16 Å². The van der Waals surface area contributed by atoms with Crippen LogP contribution in [0.3, 0.4) is 0 Å². The van der Waals surface area contributed by atoms with E-state index in [4.69, 9.17) is 17.4 Å². The number of ether oxygens (including phenoxy) is 1. The fourth-order valence-electron chi connectivity index (χ4n) is 2.18. The van der Waals surface area contributed by atoms with Crippen molar-refractivity contribution >= 4 is 45.9 Å². The van der Waals surface area contributed by atoms with Gasteiger partial charge in [0, 0.05) is 16.7 Å². The zero-order valence-corrected chi connectivity index (χ0v) is 12.9. The van der Waals surface area contributed by atoms with Gasteiger partial charge in [-0.1, -0.05) is 16.8 Å². The predicted octanol–water partition coefficient (Wildman–Crippen LogP) is 3.17. The van der Waals surface area contributed by atoms with Crippen LogP contribution in [0.4, 0.5) is 0 Å². The van der Waals surface area contributed by atoms with E-state index in [0.29, 0.717) is 11.6 Å². The van der Waals surface area contributed by atoms with E-state index >= 15 is 0 Å². The first kappa shape index (κ1) is 12.6. The summed E-state index contributed by atoms with van der Waals surface area (Å²) in [6.07, 6.45) is 2.85. The number of rotatable bonds is 1. The summed E-state index contributed by atoms with van der Waals surface area (Å²) in [5.41, 5.74) is 1.17. The summed E-state index contributed by atoms with van der Waals surface area (Å²) in [5, 5.41) is 2.50. The standard InChI is InChI=1S/C12H14N2OS3/c1-12(2)4-6-7(5-15-12)18-10-8(6)9(16)13-11(14-10)17-3/h4-5H2,1-3H3,(H,13,14,16)/p-1. The maximum Gasteiger partial charge on any atom is 0.187 e. The summed E-state index contributed by atoms with van der Waals surface area (Å²) in [4.78, 5) is 11.2. The fourth-order valence-corrected chi connectivity index (χ4v) is 4.14. The summed E-state index contributed by atoms with van der Waals surface area (Å²) >= 11 is 8.64. The molecule has 1 aliphatic rings. The van der Waals surface area contributed by atoms with Gasteiger partial charge in [-0.15, -0.1) is 11.3 Å².